The number of Topliss-reactive ketones (excluding diaryl/α,β-unsaturated/α-hetero) is 1. The number of ether oxygens (including phenoxy) is 1. The lowest BCUT2D eigenvalue weighted by atomic mass is 9.70. The molecule has 0 heterocycles. The van der Waals surface area contributed by atoms with E-state index in [1.54, 1.807) is 20.8 Å². The third kappa shape index (κ3) is 4.89. The summed E-state index contributed by atoms with van der Waals surface area (Å²) in [6.07, 6.45) is -2.47. The second kappa shape index (κ2) is 7.90. The highest BCUT2D eigenvalue weighted by Gasteiger charge is 2.52. The first kappa shape index (κ1) is 21.9. The molecule has 2 rings (SSSR count). The third-order valence-corrected chi connectivity index (χ3v) is 4.64. The van der Waals surface area contributed by atoms with Crippen molar-refractivity contribution in [3.63, 3.8) is 0 Å². The number of esters is 1. The molecule has 0 bridgehead atoms. The zero-order valence-electron chi connectivity index (χ0n) is 16.0. The molecule has 154 valence electrons. The number of phenols is 2. The molecule has 1 aliphatic carbocycles. The zero-order chi connectivity index (χ0) is 21.3. The van der Waals surface area contributed by atoms with Crippen LogP contribution in [0.25, 0.3) is 6.08 Å². The largest absolute Gasteiger partial charge is 0.504 e. The first-order valence-corrected chi connectivity index (χ1v) is 8.87. The van der Waals surface area contributed by atoms with E-state index in [1.807, 2.05) is 0 Å². The molecule has 1 aromatic carbocycles. The Morgan fingerprint density at radius 2 is 1.79 bits per heavy atom. The molecule has 8 heteroatoms. The van der Waals surface area contributed by atoms with Crippen LogP contribution in [0.4, 0.5) is 0 Å². The van der Waals surface area contributed by atoms with Gasteiger partial charge in [0.05, 0.1) is 6.10 Å². The van der Waals surface area contributed by atoms with Crippen molar-refractivity contribution in [1.82, 2.24) is 0 Å². The van der Waals surface area contributed by atoms with Crippen molar-refractivity contribution in [1.29, 1.82) is 0 Å². The van der Waals surface area contributed by atoms with Crippen LogP contribution >= 0.6 is 0 Å². The molecule has 1 aromatic rings. The highest BCUT2D eigenvalue weighted by Crippen LogP contribution is 2.36. The van der Waals surface area contributed by atoms with Crippen LogP contribution in [0.5, 0.6) is 11.5 Å². The van der Waals surface area contributed by atoms with Gasteiger partial charge in [0, 0.05) is 24.3 Å². The number of rotatable bonds is 4. The van der Waals surface area contributed by atoms with Gasteiger partial charge in [-0.3, -0.25) is 4.79 Å². The van der Waals surface area contributed by atoms with Gasteiger partial charge in [-0.1, -0.05) is 26.8 Å². The first-order valence-electron chi connectivity index (χ1n) is 8.87. The van der Waals surface area contributed by atoms with Crippen molar-refractivity contribution < 1.29 is 39.9 Å². The molecule has 0 aliphatic heterocycles. The van der Waals surface area contributed by atoms with Gasteiger partial charge < -0.3 is 30.3 Å². The molecule has 1 aliphatic rings. The van der Waals surface area contributed by atoms with Crippen molar-refractivity contribution in [2.45, 2.75) is 57.5 Å². The number of aromatic hydroxyl groups is 2. The Kier molecular flexibility index (Phi) is 6.18. The molecule has 0 saturated heterocycles. The second-order valence-electron chi connectivity index (χ2n) is 8.13. The van der Waals surface area contributed by atoms with Crippen LogP contribution in [0.15, 0.2) is 24.3 Å². The van der Waals surface area contributed by atoms with Gasteiger partial charge in [-0.05, 0) is 23.8 Å². The molecular formula is C20H26O8. The van der Waals surface area contributed by atoms with Crippen LogP contribution in [-0.4, -0.2) is 61.2 Å². The molecule has 1 fully saturated rings. The van der Waals surface area contributed by atoms with Gasteiger partial charge in [-0.15, -0.1) is 0 Å². The fourth-order valence-corrected chi connectivity index (χ4v) is 3.24. The quantitative estimate of drug-likeness (QED) is 0.288. The van der Waals surface area contributed by atoms with Gasteiger partial charge in [-0.2, -0.15) is 0 Å². The van der Waals surface area contributed by atoms with Crippen LogP contribution in [0.1, 0.15) is 39.2 Å². The Labute approximate surface area is 162 Å². The molecule has 1 saturated carbocycles. The number of phenolic OH excluding ortho intramolecular Hbond substituents is 2. The predicted octanol–water partition coefficient (Wildman–Crippen LogP) is 0.885. The van der Waals surface area contributed by atoms with E-state index in [2.05, 4.69) is 0 Å². The van der Waals surface area contributed by atoms with E-state index in [0.717, 1.165) is 6.08 Å². The smallest absolute Gasteiger partial charge is 0.331 e. The Bertz CT molecular complexity index is 779. The lowest BCUT2D eigenvalue weighted by Crippen LogP contribution is -2.59. The van der Waals surface area contributed by atoms with Gasteiger partial charge in [0.15, 0.2) is 17.3 Å². The highest BCUT2D eigenvalue weighted by molar-refractivity contribution is 5.92. The van der Waals surface area contributed by atoms with Crippen molar-refractivity contribution in [3.8, 4) is 11.5 Å². The Balaban J connectivity index is 2.12. The van der Waals surface area contributed by atoms with Gasteiger partial charge in [0.2, 0.25) is 0 Å². The summed E-state index contributed by atoms with van der Waals surface area (Å²) in [6.45, 7) is 4.88. The second-order valence-corrected chi connectivity index (χ2v) is 8.13. The van der Waals surface area contributed by atoms with Gasteiger partial charge in [0.25, 0.3) is 0 Å². The maximum atomic E-state index is 12.6. The molecule has 5 N–H and O–H groups in total. The number of ketones is 1. The molecule has 0 unspecified atom stereocenters. The number of aliphatic hydroxyl groups excluding tert-OH is 2. The van der Waals surface area contributed by atoms with E-state index in [9.17, 15) is 35.1 Å². The number of carbonyl (C=O) groups is 2. The fraction of sp³-hybridized carbons (Fsp3) is 0.500. The molecule has 4 atom stereocenters. The van der Waals surface area contributed by atoms with Crippen LogP contribution in [0.3, 0.4) is 0 Å². The summed E-state index contributed by atoms with van der Waals surface area (Å²) >= 11 is 0. The molecule has 0 amide bonds. The molecule has 8 nitrogen and oxygen atoms in total. The highest BCUT2D eigenvalue weighted by atomic mass is 16.6. The average Bonchev–Trinajstić information content (AvgIpc) is 2.59. The molecule has 0 spiro atoms. The summed E-state index contributed by atoms with van der Waals surface area (Å²) in [5.41, 5.74) is -2.39. The number of hydrogen-bond acceptors (Lipinski definition) is 8. The summed E-state index contributed by atoms with van der Waals surface area (Å²) in [5, 5.41) is 49.6. The zero-order valence-corrected chi connectivity index (χ0v) is 16.0. The summed E-state index contributed by atoms with van der Waals surface area (Å²) in [7, 11) is 0. The standard InChI is InChI=1S/C20H26O8/c1-19(2,3)18(26)20(27)9-14(23)17(25)15(10-20)28-16(24)7-5-11-4-6-12(21)13(22)8-11/h4-8,14-15,17,21-23,25,27H,9-10H2,1-3H3/b7-5+/t14-,15-,17-,20+/m1/s1. The Morgan fingerprint density at radius 1 is 1.14 bits per heavy atom. The van der Waals surface area contributed by atoms with E-state index >= 15 is 0 Å². The minimum absolute atomic E-state index is 0.304. The van der Waals surface area contributed by atoms with E-state index < -0.39 is 41.1 Å². The average molecular weight is 394 g/mol. The van der Waals surface area contributed by atoms with Crippen molar-refractivity contribution in [2.75, 3.05) is 0 Å². The van der Waals surface area contributed by atoms with Crippen molar-refractivity contribution >= 4 is 17.8 Å². The fourth-order valence-electron chi connectivity index (χ4n) is 3.24. The number of aliphatic hydroxyl groups is 3. The maximum absolute atomic E-state index is 12.6. The van der Waals surface area contributed by atoms with E-state index in [0.29, 0.717) is 5.56 Å². The van der Waals surface area contributed by atoms with E-state index in [-0.39, 0.29) is 24.3 Å². The number of hydrogen-bond donors (Lipinski definition) is 5. The normalized spacial score (nSPS) is 28.3. The summed E-state index contributed by atoms with van der Waals surface area (Å²) in [6, 6.07) is 3.94. The topological polar surface area (TPSA) is 145 Å². The van der Waals surface area contributed by atoms with Crippen molar-refractivity contribution in [3.05, 3.63) is 29.8 Å². The predicted molar refractivity (Wildman–Crippen MR) is 99.3 cm³/mol. The maximum Gasteiger partial charge on any atom is 0.331 e. The number of benzene rings is 1. The van der Waals surface area contributed by atoms with Gasteiger partial charge in [0.1, 0.15) is 17.8 Å². The van der Waals surface area contributed by atoms with Crippen LogP contribution in [0, 0.1) is 5.41 Å². The first-order chi connectivity index (χ1) is 12.8. The monoisotopic (exact) mass is 394 g/mol. The lowest BCUT2D eigenvalue weighted by Gasteiger charge is -2.42. The lowest BCUT2D eigenvalue weighted by molar-refractivity contribution is -0.189. The molecule has 0 aromatic heterocycles. The minimum atomic E-state index is -1.92. The molecular weight excluding hydrogens is 368 g/mol. The Hall–Kier alpha value is -2.42. The molecule has 0 radical (unpaired) electrons. The summed E-state index contributed by atoms with van der Waals surface area (Å²) in [5.74, 6) is -2.03. The minimum Gasteiger partial charge on any atom is -0.504 e. The van der Waals surface area contributed by atoms with Crippen LogP contribution in [-0.2, 0) is 14.3 Å². The SMILES string of the molecule is CC(C)(C)C(=O)[C@]1(O)C[C@@H](O)[C@@H](O)[C@H](OC(=O)/C=C/c2ccc(O)c(O)c2)C1. The summed E-state index contributed by atoms with van der Waals surface area (Å²) in [4.78, 5) is 24.6. The van der Waals surface area contributed by atoms with E-state index in [4.69, 9.17) is 4.74 Å². The van der Waals surface area contributed by atoms with Crippen LogP contribution in [0.2, 0.25) is 0 Å². The third-order valence-electron chi connectivity index (χ3n) is 4.64. The number of carbonyl (C=O) groups excluding carboxylic acids is 2. The van der Waals surface area contributed by atoms with Crippen molar-refractivity contribution in [2.24, 2.45) is 5.41 Å². The Morgan fingerprint density at radius 3 is 2.36 bits per heavy atom. The van der Waals surface area contributed by atoms with Gasteiger partial charge >= 0.3 is 5.97 Å². The van der Waals surface area contributed by atoms with E-state index in [1.165, 1.54) is 24.3 Å². The van der Waals surface area contributed by atoms with Gasteiger partial charge in [-0.25, -0.2) is 4.79 Å². The summed E-state index contributed by atoms with van der Waals surface area (Å²) < 4.78 is 5.15. The van der Waals surface area contributed by atoms with Crippen LogP contribution < -0.4 is 0 Å². The molecule has 28 heavy (non-hydrogen) atoms.